The highest BCUT2D eigenvalue weighted by atomic mass is 16.6. The molecule has 0 fully saturated rings. The van der Waals surface area contributed by atoms with Gasteiger partial charge in [-0.3, -0.25) is 14.9 Å². The number of ether oxygens (including phenoxy) is 2. The Labute approximate surface area is 179 Å². The third kappa shape index (κ3) is 6.67. The highest BCUT2D eigenvalue weighted by molar-refractivity contribution is 5.84. The summed E-state index contributed by atoms with van der Waals surface area (Å²) in [5.74, 6) is 0.635. The van der Waals surface area contributed by atoms with Crippen LogP contribution >= 0.6 is 0 Å². The van der Waals surface area contributed by atoms with E-state index in [-0.39, 0.29) is 5.69 Å². The van der Waals surface area contributed by atoms with Gasteiger partial charge in [-0.25, -0.2) is 5.43 Å². The number of carbonyl (C=O) groups excluding carboxylic acids is 1. The fraction of sp³-hybridized carbons (Fsp3) is 0.130. The quantitative estimate of drug-likeness (QED) is 0.320. The summed E-state index contributed by atoms with van der Waals surface area (Å²) < 4.78 is 11.2. The Morgan fingerprint density at radius 1 is 1.03 bits per heavy atom. The van der Waals surface area contributed by atoms with Gasteiger partial charge in [-0.05, 0) is 54.4 Å². The number of carbonyl (C=O) groups is 1. The molecule has 3 rings (SSSR count). The highest BCUT2D eigenvalue weighted by Crippen LogP contribution is 2.18. The van der Waals surface area contributed by atoms with Crippen LogP contribution < -0.4 is 14.9 Å². The summed E-state index contributed by atoms with van der Waals surface area (Å²) in [5.41, 5.74) is 4.23. The van der Waals surface area contributed by atoms with E-state index in [9.17, 15) is 14.9 Å². The van der Waals surface area contributed by atoms with Gasteiger partial charge in [0.15, 0.2) is 6.10 Å². The van der Waals surface area contributed by atoms with Crippen LogP contribution in [0.5, 0.6) is 11.5 Å². The van der Waals surface area contributed by atoms with Crippen LogP contribution in [0.4, 0.5) is 5.69 Å². The minimum Gasteiger partial charge on any atom is -0.489 e. The molecule has 0 saturated heterocycles. The van der Waals surface area contributed by atoms with Gasteiger partial charge < -0.3 is 9.47 Å². The first-order chi connectivity index (χ1) is 15.0. The summed E-state index contributed by atoms with van der Waals surface area (Å²) >= 11 is 0. The highest BCUT2D eigenvalue weighted by Gasteiger charge is 2.14. The average molecular weight is 419 g/mol. The summed E-state index contributed by atoms with van der Waals surface area (Å²) in [7, 11) is 0. The molecule has 31 heavy (non-hydrogen) atoms. The Hall–Kier alpha value is -4.20. The third-order valence-corrected chi connectivity index (χ3v) is 4.25. The zero-order chi connectivity index (χ0) is 22.1. The molecule has 1 atom stereocenters. The van der Waals surface area contributed by atoms with Gasteiger partial charge in [0.25, 0.3) is 11.6 Å². The Kier molecular flexibility index (Phi) is 7.31. The predicted octanol–water partition coefficient (Wildman–Crippen LogP) is 4.09. The molecule has 8 nitrogen and oxygen atoms in total. The smallest absolute Gasteiger partial charge is 0.280 e. The summed E-state index contributed by atoms with van der Waals surface area (Å²) in [6.07, 6.45) is 0.685. The van der Waals surface area contributed by atoms with E-state index in [2.05, 4.69) is 10.5 Å². The fourth-order valence-electron chi connectivity index (χ4n) is 2.56. The molecular formula is C23H21N3O5. The fourth-order valence-corrected chi connectivity index (χ4v) is 2.56. The number of rotatable bonds is 9. The zero-order valence-electron chi connectivity index (χ0n) is 16.8. The van der Waals surface area contributed by atoms with Gasteiger partial charge in [0.1, 0.15) is 18.1 Å². The topological polar surface area (TPSA) is 103 Å². The van der Waals surface area contributed by atoms with Crippen molar-refractivity contribution in [3.63, 3.8) is 0 Å². The van der Waals surface area contributed by atoms with Crippen LogP contribution in [0.25, 0.3) is 0 Å². The summed E-state index contributed by atoms with van der Waals surface area (Å²) in [6.45, 7) is 2.04. The van der Waals surface area contributed by atoms with Gasteiger partial charge in [-0.1, -0.05) is 30.3 Å². The molecule has 0 aliphatic carbocycles. The van der Waals surface area contributed by atoms with Crippen LogP contribution in [0.3, 0.4) is 0 Å². The maximum absolute atomic E-state index is 12.1. The van der Waals surface area contributed by atoms with Crippen molar-refractivity contribution >= 4 is 17.8 Å². The number of amides is 1. The molecule has 0 heterocycles. The van der Waals surface area contributed by atoms with E-state index in [4.69, 9.17) is 9.47 Å². The Bertz CT molecular complexity index is 1040. The standard InChI is InChI=1S/C23H21N3O5/c1-17(31-22-13-9-20(10-14-22)26(28)29)23(27)25-24-15-18-7-11-21(12-8-18)30-16-19-5-3-2-4-6-19/h2-15,17H,16H2,1H3,(H,25,27). The lowest BCUT2D eigenvalue weighted by molar-refractivity contribution is -0.384. The molecule has 0 bridgehead atoms. The molecular weight excluding hydrogens is 398 g/mol. The van der Waals surface area contributed by atoms with E-state index in [0.29, 0.717) is 12.4 Å². The van der Waals surface area contributed by atoms with Crippen molar-refractivity contribution in [2.75, 3.05) is 0 Å². The number of nitrogens with one attached hydrogen (secondary N) is 1. The Morgan fingerprint density at radius 2 is 1.68 bits per heavy atom. The first kappa shape index (κ1) is 21.5. The van der Waals surface area contributed by atoms with Crippen molar-refractivity contribution in [3.8, 4) is 11.5 Å². The number of hydrazone groups is 1. The predicted molar refractivity (Wildman–Crippen MR) is 116 cm³/mol. The molecule has 3 aromatic carbocycles. The lowest BCUT2D eigenvalue weighted by Crippen LogP contribution is -2.33. The van der Waals surface area contributed by atoms with E-state index in [1.807, 2.05) is 54.6 Å². The number of hydrogen-bond acceptors (Lipinski definition) is 6. The Balaban J connectivity index is 1.45. The van der Waals surface area contributed by atoms with Crippen molar-refractivity contribution < 1.29 is 19.2 Å². The second-order valence-corrected chi connectivity index (χ2v) is 6.59. The average Bonchev–Trinajstić information content (AvgIpc) is 2.79. The molecule has 0 aliphatic heterocycles. The normalized spacial score (nSPS) is 11.6. The van der Waals surface area contributed by atoms with Gasteiger partial charge in [0.2, 0.25) is 0 Å². The minimum atomic E-state index is -0.827. The van der Waals surface area contributed by atoms with Gasteiger partial charge in [0.05, 0.1) is 11.1 Å². The van der Waals surface area contributed by atoms with E-state index in [1.165, 1.54) is 30.5 Å². The number of nitro groups is 1. The van der Waals surface area contributed by atoms with Crippen LogP contribution in [0, 0.1) is 10.1 Å². The number of nitrogens with zero attached hydrogens (tertiary/aromatic N) is 2. The summed E-state index contributed by atoms with van der Waals surface area (Å²) in [6, 6.07) is 22.7. The first-order valence-electron chi connectivity index (χ1n) is 9.52. The van der Waals surface area contributed by atoms with E-state index in [1.54, 1.807) is 6.92 Å². The van der Waals surface area contributed by atoms with Crippen LogP contribution in [-0.4, -0.2) is 23.1 Å². The number of benzene rings is 3. The molecule has 3 aromatic rings. The second-order valence-electron chi connectivity index (χ2n) is 6.59. The molecule has 1 unspecified atom stereocenters. The van der Waals surface area contributed by atoms with E-state index in [0.717, 1.165) is 16.9 Å². The molecule has 158 valence electrons. The lowest BCUT2D eigenvalue weighted by atomic mass is 10.2. The van der Waals surface area contributed by atoms with Gasteiger partial charge in [0, 0.05) is 12.1 Å². The molecule has 0 spiro atoms. The van der Waals surface area contributed by atoms with Gasteiger partial charge in [-0.15, -0.1) is 0 Å². The van der Waals surface area contributed by atoms with E-state index < -0.39 is 16.9 Å². The number of non-ortho nitro benzene ring substituents is 1. The molecule has 0 aromatic heterocycles. The molecule has 1 amide bonds. The van der Waals surface area contributed by atoms with Crippen LogP contribution in [-0.2, 0) is 11.4 Å². The number of hydrogen-bond donors (Lipinski definition) is 1. The maximum atomic E-state index is 12.1. The minimum absolute atomic E-state index is 0.0504. The van der Waals surface area contributed by atoms with Crippen molar-refractivity contribution in [2.45, 2.75) is 19.6 Å². The zero-order valence-corrected chi connectivity index (χ0v) is 16.8. The Morgan fingerprint density at radius 3 is 2.32 bits per heavy atom. The van der Waals surface area contributed by atoms with Crippen molar-refractivity contribution in [1.82, 2.24) is 5.43 Å². The van der Waals surface area contributed by atoms with Gasteiger partial charge in [-0.2, -0.15) is 5.10 Å². The number of nitro benzene ring substituents is 1. The maximum Gasteiger partial charge on any atom is 0.280 e. The van der Waals surface area contributed by atoms with Crippen molar-refractivity contribution in [2.24, 2.45) is 5.10 Å². The van der Waals surface area contributed by atoms with Gasteiger partial charge >= 0.3 is 0 Å². The summed E-state index contributed by atoms with van der Waals surface area (Å²) in [4.78, 5) is 22.3. The van der Waals surface area contributed by atoms with Crippen LogP contribution in [0.2, 0.25) is 0 Å². The second kappa shape index (κ2) is 10.5. The van der Waals surface area contributed by atoms with Crippen molar-refractivity contribution in [3.05, 3.63) is 100 Å². The largest absolute Gasteiger partial charge is 0.489 e. The van der Waals surface area contributed by atoms with E-state index >= 15 is 0 Å². The van der Waals surface area contributed by atoms with Crippen molar-refractivity contribution in [1.29, 1.82) is 0 Å². The summed E-state index contributed by atoms with van der Waals surface area (Å²) in [5, 5.41) is 14.6. The first-order valence-corrected chi connectivity index (χ1v) is 9.52. The molecule has 0 radical (unpaired) electrons. The van der Waals surface area contributed by atoms with Crippen LogP contribution in [0.1, 0.15) is 18.1 Å². The monoisotopic (exact) mass is 419 g/mol. The molecule has 8 heteroatoms. The molecule has 0 saturated carbocycles. The molecule has 0 aliphatic rings. The SMILES string of the molecule is CC(Oc1ccc([N+](=O)[O-])cc1)C(=O)NN=Cc1ccc(OCc2ccccc2)cc1. The molecule has 1 N–H and O–H groups in total. The van der Waals surface area contributed by atoms with Crippen LogP contribution in [0.15, 0.2) is 84.0 Å². The third-order valence-electron chi connectivity index (χ3n) is 4.25. The lowest BCUT2D eigenvalue weighted by Gasteiger charge is -2.12.